The molecule has 0 aromatic rings. The van der Waals surface area contributed by atoms with E-state index >= 15 is 0 Å². The van der Waals surface area contributed by atoms with Gasteiger partial charge >= 0.3 is 0 Å². The van der Waals surface area contributed by atoms with Crippen LogP contribution in [0.1, 0.15) is 47.0 Å². The number of carbonyl (C=O) groups excluding carboxylic acids is 1. The van der Waals surface area contributed by atoms with Crippen LogP contribution in [-0.4, -0.2) is 25.5 Å². The monoisotopic (exact) mass is 240 g/mol. The van der Waals surface area contributed by atoms with Gasteiger partial charge in [0.15, 0.2) is 0 Å². The molecule has 0 spiro atoms. The van der Waals surface area contributed by atoms with Gasteiger partial charge in [-0.3, -0.25) is 4.79 Å². The molecule has 3 nitrogen and oxygen atoms in total. The minimum Gasteiger partial charge on any atom is -0.356 e. The molecule has 0 bridgehead atoms. The number of piperidine rings is 1. The Kier molecular flexibility index (Phi) is 5.44. The van der Waals surface area contributed by atoms with Crippen LogP contribution in [0.3, 0.4) is 0 Å². The van der Waals surface area contributed by atoms with E-state index in [1.165, 1.54) is 12.8 Å². The van der Waals surface area contributed by atoms with E-state index in [2.05, 4.69) is 31.4 Å². The Hall–Kier alpha value is -0.570. The highest BCUT2D eigenvalue weighted by atomic mass is 16.1. The molecule has 17 heavy (non-hydrogen) atoms. The molecule has 0 aromatic carbocycles. The highest BCUT2D eigenvalue weighted by Gasteiger charge is 2.26. The Balaban J connectivity index is 2.19. The predicted molar refractivity (Wildman–Crippen MR) is 71.8 cm³/mol. The quantitative estimate of drug-likeness (QED) is 0.791. The van der Waals surface area contributed by atoms with Crippen LogP contribution >= 0.6 is 0 Å². The minimum absolute atomic E-state index is 0.0521. The van der Waals surface area contributed by atoms with Crippen LogP contribution < -0.4 is 10.6 Å². The van der Waals surface area contributed by atoms with E-state index in [0.29, 0.717) is 0 Å². The molecule has 1 aliphatic rings. The van der Waals surface area contributed by atoms with Crippen molar-refractivity contribution < 1.29 is 4.79 Å². The maximum absolute atomic E-state index is 11.9. The third kappa shape index (κ3) is 5.07. The van der Waals surface area contributed by atoms with Crippen LogP contribution in [0.5, 0.6) is 0 Å². The zero-order chi connectivity index (χ0) is 12.9. The second-order valence-electron chi connectivity index (χ2n) is 6.38. The first-order valence-electron chi connectivity index (χ1n) is 6.89. The SMILES string of the molecule is CC(C(=O)NCCC1CCCNC1)C(C)(C)C. The first kappa shape index (κ1) is 14.5. The molecule has 1 saturated heterocycles. The van der Waals surface area contributed by atoms with Gasteiger partial charge in [0.25, 0.3) is 0 Å². The van der Waals surface area contributed by atoms with Crippen molar-refractivity contribution in [2.45, 2.75) is 47.0 Å². The summed E-state index contributed by atoms with van der Waals surface area (Å²) in [5.41, 5.74) is 0.0521. The summed E-state index contributed by atoms with van der Waals surface area (Å²) in [6.45, 7) is 11.4. The Labute approximate surface area is 106 Å². The smallest absolute Gasteiger partial charge is 0.223 e. The van der Waals surface area contributed by atoms with Crippen molar-refractivity contribution in [3.05, 3.63) is 0 Å². The van der Waals surface area contributed by atoms with Crippen LogP contribution in [0, 0.1) is 17.3 Å². The van der Waals surface area contributed by atoms with E-state index < -0.39 is 0 Å². The summed E-state index contributed by atoms with van der Waals surface area (Å²) in [6, 6.07) is 0. The molecule has 1 rings (SSSR count). The van der Waals surface area contributed by atoms with Crippen molar-refractivity contribution in [3.63, 3.8) is 0 Å². The van der Waals surface area contributed by atoms with E-state index in [0.717, 1.165) is 32.0 Å². The maximum atomic E-state index is 11.9. The summed E-state index contributed by atoms with van der Waals surface area (Å²) < 4.78 is 0. The average molecular weight is 240 g/mol. The van der Waals surface area contributed by atoms with Gasteiger partial charge in [0.05, 0.1) is 0 Å². The van der Waals surface area contributed by atoms with E-state index in [1.807, 2.05) is 6.92 Å². The zero-order valence-corrected chi connectivity index (χ0v) is 11.8. The topological polar surface area (TPSA) is 41.1 Å². The van der Waals surface area contributed by atoms with Gasteiger partial charge in [-0.1, -0.05) is 27.7 Å². The molecule has 1 heterocycles. The fourth-order valence-corrected chi connectivity index (χ4v) is 2.12. The Bertz CT molecular complexity index is 239. The van der Waals surface area contributed by atoms with Crippen molar-refractivity contribution in [1.29, 1.82) is 0 Å². The minimum atomic E-state index is 0.0521. The standard InChI is InChI=1S/C14H28N2O/c1-11(14(2,3)4)13(17)16-9-7-12-6-5-8-15-10-12/h11-12,15H,5-10H2,1-4H3,(H,16,17). The summed E-state index contributed by atoms with van der Waals surface area (Å²) in [7, 11) is 0. The van der Waals surface area contributed by atoms with E-state index in [1.54, 1.807) is 0 Å². The third-order valence-corrected chi connectivity index (χ3v) is 3.94. The van der Waals surface area contributed by atoms with Gasteiger partial charge < -0.3 is 10.6 Å². The fraction of sp³-hybridized carbons (Fsp3) is 0.929. The van der Waals surface area contributed by atoms with Gasteiger partial charge in [-0.15, -0.1) is 0 Å². The predicted octanol–water partition coefficient (Wildman–Crippen LogP) is 2.17. The number of hydrogen-bond acceptors (Lipinski definition) is 2. The van der Waals surface area contributed by atoms with Crippen LogP contribution in [0.15, 0.2) is 0 Å². The second kappa shape index (κ2) is 6.39. The summed E-state index contributed by atoms with van der Waals surface area (Å²) in [4.78, 5) is 11.9. The zero-order valence-electron chi connectivity index (χ0n) is 11.8. The van der Waals surface area contributed by atoms with Crippen LogP contribution in [0.25, 0.3) is 0 Å². The van der Waals surface area contributed by atoms with E-state index in [-0.39, 0.29) is 17.2 Å². The lowest BCUT2D eigenvalue weighted by Crippen LogP contribution is -2.38. The molecule has 0 aromatic heterocycles. The van der Waals surface area contributed by atoms with Gasteiger partial charge in [-0.05, 0) is 43.7 Å². The molecule has 1 fully saturated rings. The lowest BCUT2D eigenvalue weighted by molar-refractivity contribution is -0.127. The van der Waals surface area contributed by atoms with Gasteiger partial charge in [0.2, 0.25) is 5.91 Å². The van der Waals surface area contributed by atoms with Crippen molar-refractivity contribution in [3.8, 4) is 0 Å². The summed E-state index contributed by atoms with van der Waals surface area (Å²) in [6.07, 6.45) is 3.68. The Morgan fingerprint density at radius 2 is 2.18 bits per heavy atom. The van der Waals surface area contributed by atoms with Crippen molar-refractivity contribution in [2.24, 2.45) is 17.3 Å². The normalized spacial score (nSPS) is 23.2. The molecular weight excluding hydrogens is 212 g/mol. The molecular formula is C14H28N2O. The first-order chi connectivity index (χ1) is 7.91. The number of carbonyl (C=O) groups is 1. The molecule has 100 valence electrons. The van der Waals surface area contributed by atoms with E-state index in [9.17, 15) is 4.79 Å². The molecule has 2 unspecified atom stereocenters. The largest absolute Gasteiger partial charge is 0.356 e. The Morgan fingerprint density at radius 3 is 2.71 bits per heavy atom. The lowest BCUT2D eigenvalue weighted by atomic mass is 9.81. The summed E-state index contributed by atoms with van der Waals surface area (Å²) >= 11 is 0. The molecule has 2 N–H and O–H groups in total. The number of hydrogen-bond donors (Lipinski definition) is 2. The fourth-order valence-electron chi connectivity index (χ4n) is 2.12. The van der Waals surface area contributed by atoms with Gasteiger partial charge in [-0.25, -0.2) is 0 Å². The first-order valence-corrected chi connectivity index (χ1v) is 6.89. The van der Waals surface area contributed by atoms with Gasteiger partial charge in [0, 0.05) is 12.5 Å². The van der Waals surface area contributed by atoms with Crippen molar-refractivity contribution >= 4 is 5.91 Å². The molecule has 0 saturated carbocycles. The molecule has 2 atom stereocenters. The molecule has 0 radical (unpaired) electrons. The van der Waals surface area contributed by atoms with Gasteiger partial charge in [0.1, 0.15) is 0 Å². The summed E-state index contributed by atoms with van der Waals surface area (Å²) in [5, 5.41) is 6.48. The van der Waals surface area contributed by atoms with Crippen molar-refractivity contribution in [1.82, 2.24) is 10.6 Å². The maximum Gasteiger partial charge on any atom is 0.223 e. The van der Waals surface area contributed by atoms with E-state index in [4.69, 9.17) is 0 Å². The third-order valence-electron chi connectivity index (χ3n) is 3.94. The summed E-state index contributed by atoms with van der Waals surface area (Å²) in [5.74, 6) is 1.02. The second-order valence-corrected chi connectivity index (χ2v) is 6.38. The highest BCUT2D eigenvalue weighted by Crippen LogP contribution is 2.25. The van der Waals surface area contributed by atoms with Crippen LogP contribution in [0.2, 0.25) is 0 Å². The number of nitrogens with one attached hydrogen (secondary N) is 2. The molecule has 1 aliphatic heterocycles. The highest BCUT2D eigenvalue weighted by molar-refractivity contribution is 5.78. The van der Waals surface area contributed by atoms with Gasteiger partial charge in [-0.2, -0.15) is 0 Å². The number of amides is 1. The molecule has 3 heteroatoms. The number of rotatable bonds is 4. The molecule has 1 amide bonds. The molecule has 0 aliphatic carbocycles. The van der Waals surface area contributed by atoms with Crippen LogP contribution in [-0.2, 0) is 4.79 Å². The Morgan fingerprint density at radius 1 is 1.47 bits per heavy atom. The lowest BCUT2D eigenvalue weighted by Gasteiger charge is -2.27. The van der Waals surface area contributed by atoms with Crippen molar-refractivity contribution in [2.75, 3.05) is 19.6 Å². The average Bonchev–Trinajstić information content (AvgIpc) is 2.28. The van der Waals surface area contributed by atoms with Crippen LogP contribution in [0.4, 0.5) is 0 Å².